The van der Waals surface area contributed by atoms with Crippen LogP contribution in [0.25, 0.3) is 11.0 Å². The number of hydrogen-bond donors (Lipinski definition) is 3. The zero-order valence-electron chi connectivity index (χ0n) is 14.8. The Labute approximate surface area is 147 Å². The van der Waals surface area contributed by atoms with Crippen LogP contribution in [-0.4, -0.2) is 39.1 Å². The molecule has 0 aliphatic rings. The topological polar surface area (TPSA) is 109 Å². The second-order valence-corrected chi connectivity index (χ2v) is 8.83. The molecule has 0 saturated carbocycles. The fourth-order valence-corrected chi connectivity index (χ4v) is 3.03. The van der Waals surface area contributed by atoms with E-state index in [1.54, 1.807) is 0 Å². The van der Waals surface area contributed by atoms with Crippen molar-refractivity contribution in [3.05, 3.63) is 30.0 Å². The van der Waals surface area contributed by atoms with Gasteiger partial charge in [0.2, 0.25) is 10.0 Å². The molecule has 0 aliphatic carbocycles. The van der Waals surface area contributed by atoms with Gasteiger partial charge in [-0.3, -0.25) is 4.79 Å². The number of furan rings is 1. The number of fused-ring (bicyclic) bond motifs is 1. The molecule has 2 aromatic rings. The van der Waals surface area contributed by atoms with E-state index in [-0.39, 0.29) is 16.1 Å². The molecule has 138 valence electrons. The third kappa shape index (κ3) is 4.59. The summed E-state index contributed by atoms with van der Waals surface area (Å²) in [6.45, 7) is 6.09. The van der Waals surface area contributed by atoms with E-state index in [0.29, 0.717) is 23.9 Å². The molecule has 1 heterocycles. The Morgan fingerprint density at radius 3 is 2.56 bits per heavy atom. The van der Waals surface area contributed by atoms with E-state index in [0.717, 1.165) is 0 Å². The molecule has 0 saturated heterocycles. The SMILES string of the molecule is CNS(=O)(=O)c1ccc2oc(C(=O)NCCC(O)C(C)(C)C)cc2c1. The molecule has 0 aliphatic heterocycles. The van der Waals surface area contributed by atoms with Crippen molar-refractivity contribution in [2.24, 2.45) is 5.41 Å². The van der Waals surface area contributed by atoms with Crippen molar-refractivity contribution in [3.63, 3.8) is 0 Å². The number of sulfonamides is 1. The van der Waals surface area contributed by atoms with Gasteiger partial charge in [0.15, 0.2) is 5.76 Å². The molecule has 1 aromatic carbocycles. The van der Waals surface area contributed by atoms with Gasteiger partial charge in [-0.25, -0.2) is 13.1 Å². The van der Waals surface area contributed by atoms with Gasteiger partial charge < -0.3 is 14.8 Å². The number of aliphatic hydroxyl groups is 1. The van der Waals surface area contributed by atoms with Crippen molar-refractivity contribution in [3.8, 4) is 0 Å². The van der Waals surface area contributed by atoms with Gasteiger partial charge in [0.25, 0.3) is 5.91 Å². The van der Waals surface area contributed by atoms with Crippen LogP contribution in [0.3, 0.4) is 0 Å². The third-order valence-electron chi connectivity index (χ3n) is 3.99. The predicted octanol–water partition coefficient (Wildman–Crippen LogP) is 1.87. The van der Waals surface area contributed by atoms with Gasteiger partial charge in [-0.05, 0) is 43.1 Å². The second kappa shape index (κ2) is 7.15. The number of carbonyl (C=O) groups excluding carboxylic acids is 1. The van der Waals surface area contributed by atoms with E-state index in [2.05, 4.69) is 10.0 Å². The molecular formula is C17H24N2O5S. The fourth-order valence-electron chi connectivity index (χ4n) is 2.26. The lowest BCUT2D eigenvalue weighted by Crippen LogP contribution is -2.32. The molecule has 1 atom stereocenters. The minimum absolute atomic E-state index is 0.0965. The lowest BCUT2D eigenvalue weighted by atomic mass is 9.87. The van der Waals surface area contributed by atoms with Crippen LogP contribution in [0.4, 0.5) is 0 Å². The lowest BCUT2D eigenvalue weighted by Gasteiger charge is -2.25. The summed E-state index contributed by atoms with van der Waals surface area (Å²) in [6, 6.07) is 5.88. The monoisotopic (exact) mass is 368 g/mol. The average molecular weight is 368 g/mol. The summed E-state index contributed by atoms with van der Waals surface area (Å²) in [5.74, 6) is -0.311. The largest absolute Gasteiger partial charge is 0.451 e. The van der Waals surface area contributed by atoms with Gasteiger partial charge >= 0.3 is 0 Å². The maximum absolute atomic E-state index is 12.2. The van der Waals surface area contributed by atoms with E-state index in [9.17, 15) is 18.3 Å². The number of nitrogens with one attached hydrogen (secondary N) is 2. The minimum atomic E-state index is -3.56. The molecular weight excluding hydrogens is 344 g/mol. The standard InChI is InChI=1S/C17H24N2O5S/c1-17(2,3)15(20)7-8-19-16(21)14-10-11-9-12(25(22,23)18-4)5-6-13(11)24-14/h5-6,9-10,15,18,20H,7-8H2,1-4H3,(H,19,21). The van der Waals surface area contributed by atoms with Crippen LogP contribution in [-0.2, 0) is 10.0 Å². The summed E-state index contributed by atoms with van der Waals surface area (Å²) in [5, 5.41) is 13.2. The summed E-state index contributed by atoms with van der Waals surface area (Å²) in [7, 11) is -2.23. The molecule has 0 bridgehead atoms. The number of amides is 1. The van der Waals surface area contributed by atoms with Crippen molar-refractivity contribution in [2.45, 2.75) is 38.2 Å². The first-order chi connectivity index (χ1) is 11.5. The molecule has 25 heavy (non-hydrogen) atoms. The Morgan fingerprint density at radius 2 is 1.96 bits per heavy atom. The Hall–Kier alpha value is -1.90. The van der Waals surface area contributed by atoms with Gasteiger partial charge in [0.1, 0.15) is 5.58 Å². The first-order valence-corrected chi connectivity index (χ1v) is 9.46. The van der Waals surface area contributed by atoms with Crippen LogP contribution >= 0.6 is 0 Å². The second-order valence-electron chi connectivity index (χ2n) is 6.94. The lowest BCUT2D eigenvalue weighted by molar-refractivity contribution is 0.0549. The average Bonchev–Trinajstić information content (AvgIpc) is 2.96. The fraction of sp³-hybridized carbons (Fsp3) is 0.471. The van der Waals surface area contributed by atoms with Crippen molar-refractivity contribution >= 4 is 26.9 Å². The van der Waals surface area contributed by atoms with Crippen LogP contribution in [0.5, 0.6) is 0 Å². The van der Waals surface area contributed by atoms with Crippen LogP contribution in [0.15, 0.2) is 33.6 Å². The number of rotatable bonds is 6. The van der Waals surface area contributed by atoms with E-state index in [1.807, 2.05) is 20.8 Å². The summed E-state index contributed by atoms with van der Waals surface area (Å²) in [6.07, 6.45) is -0.0992. The maximum Gasteiger partial charge on any atom is 0.287 e. The highest BCUT2D eigenvalue weighted by Crippen LogP contribution is 2.23. The first-order valence-electron chi connectivity index (χ1n) is 7.98. The van der Waals surface area contributed by atoms with Crippen molar-refractivity contribution in [1.82, 2.24) is 10.0 Å². The van der Waals surface area contributed by atoms with Crippen molar-refractivity contribution < 1.29 is 22.7 Å². The number of aliphatic hydroxyl groups excluding tert-OH is 1. The molecule has 0 radical (unpaired) electrons. The number of carbonyl (C=O) groups is 1. The third-order valence-corrected chi connectivity index (χ3v) is 5.41. The van der Waals surface area contributed by atoms with Crippen LogP contribution < -0.4 is 10.0 Å². The molecule has 1 amide bonds. The summed E-state index contributed by atoms with van der Waals surface area (Å²) < 4.78 is 31.4. The van der Waals surface area contributed by atoms with Gasteiger partial charge in [-0.1, -0.05) is 20.8 Å². The van der Waals surface area contributed by atoms with Gasteiger partial charge in [-0.2, -0.15) is 0 Å². The predicted molar refractivity (Wildman–Crippen MR) is 94.9 cm³/mol. The zero-order valence-corrected chi connectivity index (χ0v) is 15.6. The van der Waals surface area contributed by atoms with E-state index >= 15 is 0 Å². The summed E-state index contributed by atoms with van der Waals surface area (Å²) in [5.41, 5.74) is 0.175. The molecule has 0 fully saturated rings. The Balaban J connectivity index is 2.10. The van der Waals surface area contributed by atoms with E-state index in [1.165, 1.54) is 31.3 Å². The van der Waals surface area contributed by atoms with Crippen LogP contribution in [0, 0.1) is 5.41 Å². The minimum Gasteiger partial charge on any atom is -0.451 e. The highest BCUT2D eigenvalue weighted by atomic mass is 32.2. The van der Waals surface area contributed by atoms with Crippen molar-refractivity contribution in [2.75, 3.05) is 13.6 Å². The molecule has 0 spiro atoms. The molecule has 1 aromatic heterocycles. The van der Waals surface area contributed by atoms with E-state index < -0.39 is 22.0 Å². The highest BCUT2D eigenvalue weighted by molar-refractivity contribution is 7.89. The maximum atomic E-state index is 12.2. The quantitative estimate of drug-likeness (QED) is 0.721. The smallest absolute Gasteiger partial charge is 0.287 e. The molecule has 2 rings (SSSR count). The van der Waals surface area contributed by atoms with Gasteiger partial charge in [-0.15, -0.1) is 0 Å². The number of benzene rings is 1. The zero-order chi connectivity index (χ0) is 18.8. The molecule has 7 nitrogen and oxygen atoms in total. The summed E-state index contributed by atoms with van der Waals surface area (Å²) in [4.78, 5) is 12.3. The van der Waals surface area contributed by atoms with Crippen LogP contribution in [0.1, 0.15) is 37.7 Å². The summed E-state index contributed by atoms with van der Waals surface area (Å²) >= 11 is 0. The van der Waals surface area contributed by atoms with Crippen LogP contribution in [0.2, 0.25) is 0 Å². The Kier molecular flexibility index (Phi) is 5.55. The Bertz CT molecular complexity index is 865. The van der Waals surface area contributed by atoms with Gasteiger partial charge in [0.05, 0.1) is 11.0 Å². The highest BCUT2D eigenvalue weighted by Gasteiger charge is 2.22. The number of hydrogen-bond acceptors (Lipinski definition) is 5. The molecule has 8 heteroatoms. The van der Waals surface area contributed by atoms with Gasteiger partial charge in [0, 0.05) is 11.9 Å². The van der Waals surface area contributed by atoms with E-state index in [4.69, 9.17) is 4.42 Å². The molecule has 3 N–H and O–H groups in total. The molecule has 1 unspecified atom stereocenters. The Morgan fingerprint density at radius 1 is 1.28 bits per heavy atom. The van der Waals surface area contributed by atoms with Crippen molar-refractivity contribution in [1.29, 1.82) is 0 Å². The first kappa shape index (κ1) is 19.4. The normalized spacial score (nSPS) is 13.8.